The molecule has 1 aromatic carbocycles. The van der Waals surface area contributed by atoms with Crippen molar-refractivity contribution in [3.8, 4) is 0 Å². The summed E-state index contributed by atoms with van der Waals surface area (Å²) in [6.45, 7) is 1.43. The number of carbonyl (C=O) groups excluding carboxylic acids is 1. The van der Waals surface area contributed by atoms with Crippen LogP contribution in [-0.4, -0.2) is 34.7 Å². The first-order valence-corrected chi connectivity index (χ1v) is 5.51. The van der Waals surface area contributed by atoms with Gasteiger partial charge in [-0.1, -0.05) is 0 Å². The number of hydrogen-bond donors (Lipinski definition) is 3. The van der Waals surface area contributed by atoms with E-state index in [0.29, 0.717) is 12.1 Å². The highest BCUT2D eigenvalue weighted by Crippen LogP contribution is 2.15. The van der Waals surface area contributed by atoms with Gasteiger partial charge in [0.15, 0.2) is 11.6 Å². The highest BCUT2D eigenvalue weighted by Gasteiger charge is 2.21. The Balaban J connectivity index is 3.08. The summed E-state index contributed by atoms with van der Waals surface area (Å²) >= 11 is 0. The summed E-state index contributed by atoms with van der Waals surface area (Å²) in [5.74, 6) is -5.00. The molecule has 1 unspecified atom stereocenters. The second-order valence-corrected chi connectivity index (χ2v) is 4.00. The second kappa shape index (κ2) is 6.24. The van der Waals surface area contributed by atoms with Crippen LogP contribution >= 0.6 is 0 Å². The van der Waals surface area contributed by atoms with Gasteiger partial charge in [-0.15, -0.1) is 0 Å². The molecule has 0 saturated heterocycles. The number of aliphatic hydroxyl groups is 1. The van der Waals surface area contributed by atoms with Crippen molar-refractivity contribution in [2.75, 3.05) is 6.61 Å². The number of aliphatic hydroxyl groups excluding tert-OH is 1. The summed E-state index contributed by atoms with van der Waals surface area (Å²) in [4.78, 5) is 22.7. The fourth-order valence-corrected chi connectivity index (χ4v) is 1.48. The van der Waals surface area contributed by atoms with Crippen LogP contribution in [0, 0.1) is 11.6 Å². The lowest BCUT2D eigenvalue weighted by atomic mass is 10.1. The molecule has 0 aliphatic carbocycles. The summed E-state index contributed by atoms with van der Waals surface area (Å²) in [6.07, 6.45) is 0.262. The first-order valence-electron chi connectivity index (χ1n) is 5.51. The third-order valence-electron chi connectivity index (χ3n) is 2.48. The molecule has 0 bridgehead atoms. The van der Waals surface area contributed by atoms with Gasteiger partial charge in [0.1, 0.15) is 0 Å². The lowest BCUT2D eigenvalue weighted by Crippen LogP contribution is -2.34. The zero-order chi connectivity index (χ0) is 14.6. The van der Waals surface area contributed by atoms with Crippen LogP contribution in [0.2, 0.25) is 0 Å². The second-order valence-electron chi connectivity index (χ2n) is 4.00. The van der Waals surface area contributed by atoms with Gasteiger partial charge in [-0.05, 0) is 25.5 Å². The van der Waals surface area contributed by atoms with Gasteiger partial charge in [0, 0.05) is 12.6 Å². The van der Waals surface area contributed by atoms with Crippen LogP contribution < -0.4 is 5.32 Å². The minimum absolute atomic E-state index is 0.162. The number of benzene rings is 1. The zero-order valence-corrected chi connectivity index (χ0v) is 10.1. The molecule has 7 heteroatoms. The number of aromatic carboxylic acids is 1. The van der Waals surface area contributed by atoms with Gasteiger partial charge in [0.25, 0.3) is 5.91 Å². The van der Waals surface area contributed by atoms with Crippen LogP contribution in [0.25, 0.3) is 0 Å². The predicted octanol–water partition coefficient (Wildman–Crippen LogP) is 1.16. The maximum Gasteiger partial charge on any atom is 0.336 e. The molecular formula is C12H13F2NO4. The molecule has 0 aliphatic rings. The number of nitrogens with one attached hydrogen (secondary N) is 1. The molecule has 0 radical (unpaired) electrons. The molecule has 1 atom stereocenters. The fraction of sp³-hybridized carbons (Fsp3) is 0.333. The Kier molecular flexibility index (Phi) is 4.94. The van der Waals surface area contributed by atoms with E-state index in [1.165, 1.54) is 0 Å². The Bertz CT molecular complexity index is 505. The van der Waals surface area contributed by atoms with Crippen LogP contribution in [0.3, 0.4) is 0 Å². The van der Waals surface area contributed by atoms with Crippen LogP contribution in [-0.2, 0) is 0 Å². The lowest BCUT2D eigenvalue weighted by Gasteiger charge is -2.13. The standard InChI is InChI=1S/C12H13F2NO4/c1-6(2-3-16)15-11(17)7-4-9(13)10(14)5-8(7)12(18)19/h4-6,16H,2-3H2,1H3,(H,15,17)(H,18,19). The molecule has 0 heterocycles. The van der Waals surface area contributed by atoms with E-state index in [0.717, 1.165) is 0 Å². The van der Waals surface area contributed by atoms with Crippen LogP contribution in [0.1, 0.15) is 34.1 Å². The molecule has 3 N–H and O–H groups in total. The highest BCUT2D eigenvalue weighted by molar-refractivity contribution is 6.04. The van der Waals surface area contributed by atoms with E-state index in [4.69, 9.17) is 10.2 Å². The van der Waals surface area contributed by atoms with Crippen molar-refractivity contribution < 1.29 is 28.6 Å². The van der Waals surface area contributed by atoms with E-state index in [9.17, 15) is 18.4 Å². The topological polar surface area (TPSA) is 86.6 Å². The number of halogens is 2. The Morgan fingerprint density at radius 1 is 1.26 bits per heavy atom. The van der Waals surface area contributed by atoms with Gasteiger partial charge >= 0.3 is 5.97 Å². The number of hydrogen-bond acceptors (Lipinski definition) is 3. The zero-order valence-electron chi connectivity index (χ0n) is 10.1. The monoisotopic (exact) mass is 273 g/mol. The van der Waals surface area contributed by atoms with E-state index in [1.54, 1.807) is 6.92 Å². The fourth-order valence-electron chi connectivity index (χ4n) is 1.48. The average Bonchev–Trinajstić information content (AvgIpc) is 2.31. The molecule has 0 saturated carbocycles. The van der Waals surface area contributed by atoms with E-state index >= 15 is 0 Å². The molecular weight excluding hydrogens is 260 g/mol. The first-order chi connectivity index (χ1) is 8.86. The van der Waals surface area contributed by atoms with Gasteiger partial charge in [-0.3, -0.25) is 4.79 Å². The van der Waals surface area contributed by atoms with Crippen molar-refractivity contribution in [3.63, 3.8) is 0 Å². The Labute approximate surface area is 107 Å². The molecule has 19 heavy (non-hydrogen) atoms. The summed E-state index contributed by atoms with van der Waals surface area (Å²) in [6, 6.07) is 0.579. The van der Waals surface area contributed by atoms with Crippen molar-refractivity contribution >= 4 is 11.9 Å². The smallest absolute Gasteiger partial charge is 0.336 e. The molecule has 5 nitrogen and oxygen atoms in total. The number of carboxylic acids is 1. The van der Waals surface area contributed by atoms with Gasteiger partial charge in [0.05, 0.1) is 11.1 Å². The summed E-state index contributed by atoms with van der Waals surface area (Å²) in [7, 11) is 0. The first kappa shape index (κ1) is 15.0. The third-order valence-corrected chi connectivity index (χ3v) is 2.48. The minimum Gasteiger partial charge on any atom is -0.478 e. The van der Waals surface area contributed by atoms with Gasteiger partial charge in [0.2, 0.25) is 0 Å². The van der Waals surface area contributed by atoms with Crippen molar-refractivity contribution in [2.45, 2.75) is 19.4 Å². The molecule has 0 fully saturated rings. The van der Waals surface area contributed by atoms with Crippen LogP contribution in [0.4, 0.5) is 8.78 Å². The van der Waals surface area contributed by atoms with Crippen molar-refractivity contribution in [3.05, 3.63) is 34.9 Å². The van der Waals surface area contributed by atoms with Gasteiger partial charge < -0.3 is 15.5 Å². The van der Waals surface area contributed by atoms with Crippen molar-refractivity contribution in [2.24, 2.45) is 0 Å². The van der Waals surface area contributed by atoms with Crippen molar-refractivity contribution in [1.29, 1.82) is 0 Å². The van der Waals surface area contributed by atoms with E-state index < -0.39 is 40.7 Å². The number of carbonyl (C=O) groups is 2. The Hall–Kier alpha value is -2.02. The Morgan fingerprint density at radius 3 is 2.26 bits per heavy atom. The van der Waals surface area contributed by atoms with E-state index in [2.05, 4.69) is 5.32 Å². The summed E-state index contributed by atoms with van der Waals surface area (Å²) < 4.78 is 26.0. The Morgan fingerprint density at radius 2 is 1.79 bits per heavy atom. The lowest BCUT2D eigenvalue weighted by molar-refractivity contribution is 0.0689. The minimum atomic E-state index is -1.53. The number of rotatable bonds is 5. The van der Waals surface area contributed by atoms with Crippen LogP contribution in [0.5, 0.6) is 0 Å². The van der Waals surface area contributed by atoms with Gasteiger partial charge in [-0.25, -0.2) is 13.6 Å². The number of amides is 1. The van der Waals surface area contributed by atoms with Gasteiger partial charge in [-0.2, -0.15) is 0 Å². The average molecular weight is 273 g/mol. The summed E-state index contributed by atoms with van der Waals surface area (Å²) in [5, 5.41) is 19.9. The van der Waals surface area contributed by atoms with Crippen LogP contribution in [0.15, 0.2) is 12.1 Å². The molecule has 0 spiro atoms. The molecule has 104 valence electrons. The summed E-state index contributed by atoms with van der Waals surface area (Å²) in [5.41, 5.74) is -1.08. The molecule has 0 aliphatic heterocycles. The quantitative estimate of drug-likeness (QED) is 0.751. The number of carboxylic acid groups (broad SMARTS) is 1. The molecule has 1 rings (SSSR count). The molecule has 1 amide bonds. The predicted molar refractivity (Wildman–Crippen MR) is 61.9 cm³/mol. The maximum atomic E-state index is 13.1. The maximum absolute atomic E-state index is 13.1. The largest absolute Gasteiger partial charge is 0.478 e. The normalized spacial score (nSPS) is 12.0. The molecule has 1 aromatic rings. The van der Waals surface area contributed by atoms with E-state index in [-0.39, 0.29) is 13.0 Å². The molecule has 0 aromatic heterocycles. The SMILES string of the molecule is CC(CCO)NC(=O)c1cc(F)c(F)cc1C(=O)O. The van der Waals surface area contributed by atoms with Crippen molar-refractivity contribution in [1.82, 2.24) is 5.32 Å². The third kappa shape index (κ3) is 3.72. The van der Waals surface area contributed by atoms with E-state index in [1.807, 2.05) is 0 Å². The highest BCUT2D eigenvalue weighted by atomic mass is 19.2.